The number of carboxylic acid groups (broad SMARTS) is 3. The Morgan fingerprint density at radius 3 is 1.58 bits per heavy atom. The monoisotopic (exact) mass is 434 g/mol. The molecular weight excluding hydrogens is 396 g/mol. The van der Waals surface area contributed by atoms with Crippen LogP contribution in [0.5, 0.6) is 0 Å². The smallest absolute Gasteiger partial charge is 0.337 e. The van der Waals surface area contributed by atoms with Gasteiger partial charge in [0.1, 0.15) is 0 Å². The summed E-state index contributed by atoms with van der Waals surface area (Å²) >= 11 is 0. The summed E-state index contributed by atoms with van der Waals surface area (Å²) in [5, 5.41) is 29.0. The zero-order chi connectivity index (χ0) is 23.6. The molecule has 0 radical (unpaired) electrons. The van der Waals surface area contributed by atoms with Crippen LogP contribution in [0.15, 0.2) is 6.07 Å². The Labute approximate surface area is 185 Å². The molecule has 0 saturated heterocycles. The van der Waals surface area contributed by atoms with Crippen LogP contribution in [0.2, 0.25) is 0 Å². The van der Waals surface area contributed by atoms with Crippen molar-refractivity contribution in [1.29, 1.82) is 0 Å². The van der Waals surface area contributed by atoms with Gasteiger partial charge in [0.15, 0.2) is 0 Å². The summed E-state index contributed by atoms with van der Waals surface area (Å²) < 4.78 is 0. The minimum Gasteiger partial charge on any atom is -0.478 e. The molecule has 174 valence electrons. The van der Waals surface area contributed by atoms with E-state index in [1.807, 2.05) is 0 Å². The van der Waals surface area contributed by atoms with E-state index >= 15 is 0 Å². The summed E-state index contributed by atoms with van der Waals surface area (Å²) in [6.07, 6.45) is 8.76. The normalized spacial score (nSPS) is 11.3. The molecule has 0 fully saturated rings. The lowest BCUT2D eigenvalue weighted by Crippen LogP contribution is -2.19. The largest absolute Gasteiger partial charge is 0.478 e. The van der Waals surface area contributed by atoms with Crippen molar-refractivity contribution >= 4 is 17.9 Å². The number of unbranched alkanes of at least 4 members (excludes halogenated alkanes) is 4. The molecule has 0 aliphatic rings. The van der Waals surface area contributed by atoms with Gasteiger partial charge in [-0.15, -0.1) is 0 Å². The van der Waals surface area contributed by atoms with Gasteiger partial charge in [0.05, 0.1) is 16.7 Å². The van der Waals surface area contributed by atoms with Gasteiger partial charge in [-0.25, -0.2) is 14.4 Å². The van der Waals surface area contributed by atoms with Crippen molar-refractivity contribution in [2.75, 3.05) is 0 Å². The molecular formula is C25H38O6. The predicted molar refractivity (Wildman–Crippen MR) is 121 cm³/mol. The lowest BCUT2D eigenvalue weighted by molar-refractivity contribution is 0.0632. The Hall–Kier alpha value is -2.37. The van der Waals surface area contributed by atoms with Gasteiger partial charge in [-0.3, -0.25) is 0 Å². The van der Waals surface area contributed by atoms with Crippen molar-refractivity contribution in [2.24, 2.45) is 11.8 Å². The number of benzene rings is 1. The number of carboxylic acids is 3. The molecule has 0 saturated carbocycles. The van der Waals surface area contributed by atoms with Crippen molar-refractivity contribution in [2.45, 2.75) is 91.9 Å². The molecule has 1 aromatic carbocycles. The van der Waals surface area contributed by atoms with Crippen LogP contribution in [0.4, 0.5) is 0 Å². The second-order valence-corrected chi connectivity index (χ2v) is 9.21. The summed E-state index contributed by atoms with van der Waals surface area (Å²) in [5.74, 6) is -3.08. The second kappa shape index (κ2) is 13.1. The van der Waals surface area contributed by atoms with E-state index in [0.29, 0.717) is 35.8 Å². The molecule has 0 heterocycles. The van der Waals surface area contributed by atoms with Gasteiger partial charge >= 0.3 is 17.9 Å². The topological polar surface area (TPSA) is 112 Å². The Balaban J connectivity index is 3.24. The molecule has 0 bridgehead atoms. The maximum atomic E-state index is 12.0. The zero-order valence-electron chi connectivity index (χ0n) is 19.4. The molecule has 0 atom stereocenters. The average molecular weight is 435 g/mol. The first-order chi connectivity index (χ1) is 14.6. The zero-order valence-corrected chi connectivity index (χ0v) is 19.4. The van der Waals surface area contributed by atoms with Gasteiger partial charge in [0.25, 0.3) is 0 Å². The Morgan fingerprint density at radius 2 is 1.16 bits per heavy atom. The van der Waals surface area contributed by atoms with Crippen molar-refractivity contribution in [3.63, 3.8) is 0 Å². The summed E-state index contributed by atoms with van der Waals surface area (Å²) in [7, 11) is 0. The number of aromatic carboxylic acids is 3. The van der Waals surface area contributed by atoms with Gasteiger partial charge in [0.2, 0.25) is 0 Å². The van der Waals surface area contributed by atoms with Gasteiger partial charge in [-0.1, -0.05) is 66.2 Å². The van der Waals surface area contributed by atoms with Crippen LogP contribution in [0.3, 0.4) is 0 Å². The number of carbonyl (C=O) groups is 3. The molecule has 0 spiro atoms. The number of hydrogen-bond donors (Lipinski definition) is 3. The van der Waals surface area contributed by atoms with E-state index < -0.39 is 29.0 Å². The fraction of sp³-hybridized carbons (Fsp3) is 0.640. The van der Waals surface area contributed by atoms with E-state index in [1.54, 1.807) is 0 Å². The Bertz CT molecular complexity index is 764. The molecule has 6 nitrogen and oxygen atoms in total. The van der Waals surface area contributed by atoms with Crippen LogP contribution < -0.4 is 0 Å². The maximum Gasteiger partial charge on any atom is 0.337 e. The average Bonchev–Trinajstić information content (AvgIpc) is 2.66. The van der Waals surface area contributed by atoms with E-state index in [-0.39, 0.29) is 5.56 Å². The summed E-state index contributed by atoms with van der Waals surface area (Å²) in [6, 6.07) is 1.39. The van der Waals surface area contributed by atoms with Crippen LogP contribution in [0.1, 0.15) is 121 Å². The van der Waals surface area contributed by atoms with Crippen molar-refractivity contribution < 1.29 is 29.7 Å². The fourth-order valence-electron chi connectivity index (χ4n) is 3.99. The third-order valence-corrected chi connectivity index (χ3v) is 5.62. The standard InChI is InChI=1S/C25H38O6/c1-16(2)11-7-5-9-13-18-15-20(23(26)27)22(25(30)31)21(24(28)29)19(18)14-10-6-8-12-17(3)4/h15-17H,5-14H2,1-4H3,(H,26,27)(H,28,29)(H,30,31). The molecule has 1 rings (SSSR count). The van der Waals surface area contributed by atoms with Crippen LogP contribution >= 0.6 is 0 Å². The van der Waals surface area contributed by atoms with Crippen LogP contribution in [-0.4, -0.2) is 33.2 Å². The highest BCUT2D eigenvalue weighted by molar-refractivity contribution is 6.10. The van der Waals surface area contributed by atoms with E-state index in [1.165, 1.54) is 6.07 Å². The van der Waals surface area contributed by atoms with Crippen LogP contribution in [-0.2, 0) is 12.8 Å². The third kappa shape index (κ3) is 8.72. The van der Waals surface area contributed by atoms with Gasteiger partial charge in [-0.2, -0.15) is 0 Å². The van der Waals surface area contributed by atoms with Crippen molar-refractivity contribution in [3.8, 4) is 0 Å². The molecule has 0 unspecified atom stereocenters. The summed E-state index contributed by atoms with van der Waals surface area (Å²) in [6.45, 7) is 8.65. The third-order valence-electron chi connectivity index (χ3n) is 5.62. The van der Waals surface area contributed by atoms with E-state index in [9.17, 15) is 29.7 Å². The van der Waals surface area contributed by atoms with Gasteiger partial charge in [-0.05, 0) is 54.7 Å². The van der Waals surface area contributed by atoms with E-state index in [4.69, 9.17) is 0 Å². The quantitative estimate of drug-likeness (QED) is 0.279. The first kappa shape index (κ1) is 26.7. The highest BCUT2D eigenvalue weighted by Crippen LogP contribution is 2.28. The Kier molecular flexibility index (Phi) is 11.3. The molecule has 0 aromatic heterocycles. The fourth-order valence-corrected chi connectivity index (χ4v) is 3.99. The molecule has 0 amide bonds. The summed E-state index contributed by atoms with van der Waals surface area (Å²) in [4.78, 5) is 35.6. The second-order valence-electron chi connectivity index (χ2n) is 9.21. The minimum absolute atomic E-state index is 0.353. The lowest BCUT2D eigenvalue weighted by atomic mass is 9.86. The number of hydrogen-bond acceptors (Lipinski definition) is 3. The molecule has 3 N–H and O–H groups in total. The van der Waals surface area contributed by atoms with Gasteiger partial charge in [0, 0.05) is 0 Å². The van der Waals surface area contributed by atoms with Crippen molar-refractivity contribution in [1.82, 2.24) is 0 Å². The van der Waals surface area contributed by atoms with E-state index in [2.05, 4.69) is 27.7 Å². The Morgan fingerprint density at radius 1 is 0.677 bits per heavy atom. The van der Waals surface area contributed by atoms with Crippen LogP contribution in [0.25, 0.3) is 0 Å². The molecule has 1 aromatic rings. The molecule has 31 heavy (non-hydrogen) atoms. The number of aryl methyl sites for hydroxylation is 1. The molecule has 0 aliphatic carbocycles. The highest BCUT2D eigenvalue weighted by atomic mass is 16.4. The van der Waals surface area contributed by atoms with Crippen molar-refractivity contribution in [3.05, 3.63) is 33.9 Å². The maximum absolute atomic E-state index is 12.0. The molecule has 0 aliphatic heterocycles. The predicted octanol–water partition coefficient (Wildman–Crippen LogP) is 6.30. The minimum atomic E-state index is -1.51. The number of rotatable bonds is 15. The summed E-state index contributed by atoms with van der Waals surface area (Å²) in [5.41, 5.74) is -0.253. The van der Waals surface area contributed by atoms with Gasteiger partial charge < -0.3 is 15.3 Å². The lowest BCUT2D eigenvalue weighted by Gasteiger charge is -2.18. The SMILES string of the molecule is CC(C)CCCCCc1cc(C(=O)O)c(C(=O)O)c(C(=O)O)c1CCCCCC(C)C. The van der Waals surface area contributed by atoms with E-state index in [0.717, 1.165) is 51.4 Å². The first-order valence-corrected chi connectivity index (χ1v) is 11.4. The van der Waals surface area contributed by atoms with Crippen LogP contribution in [0, 0.1) is 11.8 Å². The highest BCUT2D eigenvalue weighted by Gasteiger charge is 2.29. The first-order valence-electron chi connectivity index (χ1n) is 11.4. The molecule has 6 heteroatoms.